The Morgan fingerprint density at radius 3 is 2.60 bits per heavy atom. The number of hydrogen-bond acceptors (Lipinski definition) is 2. The van der Waals surface area contributed by atoms with E-state index in [1.54, 1.807) is 6.07 Å². The number of benzene rings is 1. The minimum atomic E-state index is -4.37. The van der Waals surface area contributed by atoms with Crippen LogP contribution in [-0.2, 0) is 11.8 Å². The quantitative estimate of drug-likeness (QED) is 0.901. The largest absolute Gasteiger partial charge is 0.416 e. The zero-order valence-corrected chi connectivity index (χ0v) is 11.7. The van der Waals surface area contributed by atoms with Gasteiger partial charge in [-0.25, -0.2) is 0 Å². The molecule has 0 amide bonds. The summed E-state index contributed by atoms with van der Waals surface area (Å²) in [6.45, 7) is 0. The molecule has 0 saturated heterocycles. The molecule has 1 N–H and O–H groups in total. The van der Waals surface area contributed by atoms with Crippen LogP contribution >= 0.6 is 0 Å². The molecule has 0 spiro atoms. The first-order valence-corrected chi connectivity index (χ1v) is 6.79. The van der Waals surface area contributed by atoms with Crippen LogP contribution in [0.1, 0.15) is 36.8 Å². The molecule has 2 nitrogen and oxygen atoms in total. The molecular weight excluding hydrogens is 267 g/mol. The minimum Gasteiger partial charge on any atom is -0.385 e. The molecular formula is C15H20F3NO. The highest BCUT2D eigenvalue weighted by molar-refractivity contribution is 5.30. The van der Waals surface area contributed by atoms with Gasteiger partial charge in [0.05, 0.1) is 11.2 Å². The fourth-order valence-electron chi connectivity index (χ4n) is 2.91. The first-order valence-electron chi connectivity index (χ1n) is 6.79. The van der Waals surface area contributed by atoms with Gasteiger partial charge in [0.1, 0.15) is 0 Å². The van der Waals surface area contributed by atoms with Gasteiger partial charge in [-0.3, -0.25) is 0 Å². The SMILES string of the molecule is CN(C)C1CCC[C@@](O)(c2cccc(C(F)(F)F)c2)C1. The topological polar surface area (TPSA) is 23.5 Å². The molecule has 1 fully saturated rings. The summed E-state index contributed by atoms with van der Waals surface area (Å²) in [5.41, 5.74) is -1.48. The van der Waals surface area contributed by atoms with E-state index in [0.29, 0.717) is 18.4 Å². The lowest BCUT2D eigenvalue weighted by atomic mass is 9.76. The highest BCUT2D eigenvalue weighted by atomic mass is 19.4. The van der Waals surface area contributed by atoms with Crippen molar-refractivity contribution in [2.45, 2.75) is 43.5 Å². The molecule has 2 atom stereocenters. The van der Waals surface area contributed by atoms with Gasteiger partial charge in [0.15, 0.2) is 0 Å². The van der Waals surface area contributed by atoms with Gasteiger partial charge in [-0.15, -0.1) is 0 Å². The van der Waals surface area contributed by atoms with Gasteiger partial charge in [0, 0.05) is 6.04 Å². The number of hydrogen-bond donors (Lipinski definition) is 1. The second kappa shape index (κ2) is 5.37. The summed E-state index contributed by atoms with van der Waals surface area (Å²) in [7, 11) is 3.87. The number of nitrogens with zero attached hydrogens (tertiary/aromatic N) is 1. The number of halogens is 3. The van der Waals surface area contributed by atoms with Crippen molar-refractivity contribution in [3.05, 3.63) is 35.4 Å². The fourth-order valence-corrected chi connectivity index (χ4v) is 2.91. The average Bonchev–Trinajstić information content (AvgIpc) is 2.38. The Kier molecular flexibility index (Phi) is 4.12. The molecule has 0 heterocycles. The minimum absolute atomic E-state index is 0.197. The summed E-state index contributed by atoms with van der Waals surface area (Å²) in [6, 6.07) is 5.28. The van der Waals surface area contributed by atoms with Crippen molar-refractivity contribution in [2.24, 2.45) is 0 Å². The third-order valence-corrected chi connectivity index (χ3v) is 4.16. The second-order valence-corrected chi connectivity index (χ2v) is 5.82. The zero-order chi connectivity index (χ0) is 15.0. The van der Waals surface area contributed by atoms with E-state index in [2.05, 4.69) is 0 Å². The van der Waals surface area contributed by atoms with Crippen LogP contribution in [0.3, 0.4) is 0 Å². The van der Waals surface area contributed by atoms with Gasteiger partial charge in [0.25, 0.3) is 0 Å². The Labute approximate surface area is 117 Å². The first kappa shape index (κ1) is 15.3. The van der Waals surface area contributed by atoms with E-state index in [1.165, 1.54) is 6.07 Å². The molecule has 1 aliphatic carbocycles. The maximum Gasteiger partial charge on any atom is 0.416 e. The van der Waals surface area contributed by atoms with E-state index in [-0.39, 0.29) is 6.04 Å². The maximum atomic E-state index is 12.8. The van der Waals surface area contributed by atoms with Crippen LogP contribution in [0.2, 0.25) is 0 Å². The van der Waals surface area contributed by atoms with Crippen molar-refractivity contribution in [3.63, 3.8) is 0 Å². The summed E-state index contributed by atoms with van der Waals surface area (Å²) in [5.74, 6) is 0. The Morgan fingerprint density at radius 1 is 1.30 bits per heavy atom. The molecule has 0 aliphatic heterocycles. The van der Waals surface area contributed by atoms with E-state index in [4.69, 9.17) is 0 Å². The number of rotatable bonds is 2. The Morgan fingerprint density at radius 2 is 2.00 bits per heavy atom. The molecule has 1 aromatic carbocycles. The number of alkyl halides is 3. The second-order valence-electron chi connectivity index (χ2n) is 5.82. The molecule has 0 aromatic heterocycles. The van der Waals surface area contributed by atoms with Crippen LogP contribution in [-0.4, -0.2) is 30.1 Å². The lowest BCUT2D eigenvalue weighted by molar-refractivity contribution is -0.137. The monoisotopic (exact) mass is 287 g/mol. The van der Waals surface area contributed by atoms with Crippen LogP contribution < -0.4 is 0 Å². The molecule has 1 aromatic rings. The standard InChI is InChI=1S/C15H20F3NO/c1-19(2)13-7-4-8-14(20,10-13)11-5-3-6-12(9-11)15(16,17)18/h3,5-6,9,13,20H,4,7-8,10H2,1-2H3/t13?,14-/m0/s1. The van der Waals surface area contributed by atoms with Crippen LogP contribution in [0.25, 0.3) is 0 Å². The van der Waals surface area contributed by atoms with E-state index >= 15 is 0 Å². The molecule has 112 valence electrons. The van der Waals surface area contributed by atoms with Crippen molar-refractivity contribution in [1.29, 1.82) is 0 Å². The molecule has 1 saturated carbocycles. The van der Waals surface area contributed by atoms with Crippen LogP contribution in [0, 0.1) is 0 Å². The van der Waals surface area contributed by atoms with Gasteiger partial charge in [-0.05, 0) is 57.5 Å². The third-order valence-electron chi connectivity index (χ3n) is 4.16. The lowest BCUT2D eigenvalue weighted by Gasteiger charge is -2.40. The molecule has 1 unspecified atom stereocenters. The molecule has 1 aliphatic rings. The van der Waals surface area contributed by atoms with Gasteiger partial charge in [0.2, 0.25) is 0 Å². The van der Waals surface area contributed by atoms with E-state index in [1.807, 2.05) is 19.0 Å². The summed E-state index contributed by atoms with van der Waals surface area (Å²) >= 11 is 0. The normalized spacial score (nSPS) is 27.9. The highest BCUT2D eigenvalue weighted by Gasteiger charge is 2.38. The highest BCUT2D eigenvalue weighted by Crippen LogP contribution is 2.40. The van der Waals surface area contributed by atoms with Crippen LogP contribution in [0.4, 0.5) is 13.2 Å². The summed E-state index contributed by atoms with van der Waals surface area (Å²) in [6.07, 6.45) is -1.61. The average molecular weight is 287 g/mol. The summed E-state index contributed by atoms with van der Waals surface area (Å²) in [5, 5.41) is 10.8. The van der Waals surface area contributed by atoms with Crippen molar-refractivity contribution in [2.75, 3.05) is 14.1 Å². The predicted molar refractivity (Wildman–Crippen MR) is 71.3 cm³/mol. The Balaban J connectivity index is 2.30. The maximum absolute atomic E-state index is 12.8. The van der Waals surface area contributed by atoms with Crippen molar-refractivity contribution < 1.29 is 18.3 Å². The summed E-state index contributed by atoms with van der Waals surface area (Å²) in [4.78, 5) is 2.03. The van der Waals surface area contributed by atoms with Gasteiger partial charge >= 0.3 is 6.18 Å². The Hall–Kier alpha value is -1.07. The summed E-state index contributed by atoms with van der Waals surface area (Å²) < 4.78 is 38.3. The van der Waals surface area contributed by atoms with Crippen LogP contribution in [0.5, 0.6) is 0 Å². The molecule has 20 heavy (non-hydrogen) atoms. The van der Waals surface area contributed by atoms with Gasteiger partial charge in [-0.1, -0.05) is 12.1 Å². The van der Waals surface area contributed by atoms with E-state index < -0.39 is 17.3 Å². The van der Waals surface area contributed by atoms with Gasteiger partial charge < -0.3 is 10.0 Å². The fraction of sp³-hybridized carbons (Fsp3) is 0.600. The number of aliphatic hydroxyl groups is 1. The first-order chi connectivity index (χ1) is 9.22. The third kappa shape index (κ3) is 3.15. The van der Waals surface area contributed by atoms with Crippen molar-refractivity contribution in [1.82, 2.24) is 4.90 Å². The molecule has 5 heteroatoms. The molecule has 0 radical (unpaired) electrons. The lowest BCUT2D eigenvalue weighted by Crippen LogP contribution is -2.41. The molecule has 0 bridgehead atoms. The smallest absolute Gasteiger partial charge is 0.385 e. The van der Waals surface area contributed by atoms with E-state index in [9.17, 15) is 18.3 Å². The predicted octanol–water partition coefficient (Wildman–Crippen LogP) is 3.40. The van der Waals surface area contributed by atoms with Crippen LogP contribution in [0.15, 0.2) is 24.3 Å². The Bertz CT molecular complexity index is 472. The molecule has 2 rings (SSSR count). The van der Waals surface area contributed by atoms with Gasteiger partial charge in [-0.2, -0.15) is 13.2 Å². The van der Waals surface area contributed by atoms with E-state index in [0.717, 1.165) is 25.0 Å². The van der Waals surface area contributed by atoms with Crippen molar-refractivity contribution in [3.8, 4) is 0 Å². The zero-order valence-electron chi connectivity index (χ0n) is 11.7. The van der Waals surface area contributed by atoms with Crippen molar-refractivity contribution >= 4 is 0 Å².